The van der Waals surface area contributed by atoms with Crippen LogP contribution < -0.4 is 4.90 Å². The fourth-order valence-electron chi connectivity index (χ4n) is 2.54. The van der Waals surface area contributed by atoms with Crippen LogP contribution in [0.5, 0.6) is 0 Å². The Hall–Kier alpha value is -1.93. The van der Waals surface area contributed by atoms with Gasteiger partial charge in [0.1, 0.15) is 10.9 Å². The quantitative estimate of drug-likeness (QED) is 0.801. The minimum Gasteiger partial charge on any atom is -0.480 e. The highest BCUT2D eigenvalue weighted by molar-refractivity contribution is 7.86. The number of amides is 1. The maximum Gasteiger partial charge on any atom is 0.414 e. The molecule has 3 unspecified atom stereocenters. The largest absolute Gasteiger partial charge is 0.480 e. The Morgan fingerprint density at radius 3 is 2.58 bits per heavy atom. The third-order valence-corrected chi connectivity index (χ3v) is 5.75. The molecule has 0 saturated carbocycles. The van der Waals surface area contributed by atoms with Crippen LogP contribution in [0.4, 0.5) is 10.5 Å². The van der Waals surface area contributed by atoms with Crippen molar-refractivity contribution in [3.8, 4) is 0 Å². The summed E-state index contributed by atoms with van der Waals surface area (Å²) in [5.41, 5.74) is 1.64. The van der Waals surface area contributed by atoms with Crippen LogP contribution in [-0.4, -0.2) is 52.1 Å². The molecular weight excluding hydrogens is 334 g/mol. The lowest BCUT2D eigenvalue weighted by Crippen LogP contribution is -2.43. The van der Waals surface area contributed by atoms with Crippen LogP contribution in [0.2, 0.25) is 0 Å². The molecule has 0 bridgehead atoms. The highest BCUT2D eigenvalue weighted by Gasteiger charge is 2.44. The molecular formula is C16H21NO6S. The Morgan fingerprint density at radius 1 is 1.46 bits per heavy atom. The number of carbonyl (C=O) groups is 2. The van der Waals surface area contributed by atoms with Crippen molar-refractivity contribution >= 4 is 28.5 Å². The fraction of sp³-hybridized carbons (Fsp3) is 0.500. The number of anilines is 1. The van der Waals surface area contributed by atoms with E-state index in [1.165, 1.54) is 18.1 Å². The van der Waals surface area contributed by atoms with E-state index in [1.54, 1.807) is 19.2 Å². The van der Waals surface area contributed by atoms with Gasteiger partial charge in [-0.05, 0) is 24.6 Å². The van der Waals surface area contributed by atoms with Crippen LogP contribution in [0.25, 0.3) is 0 Å². The summed E-state index contributed by atoms with van der Waals surface area (Å²) in [7, 11) is 0.0139. The van der Waals surface area contributed by atoms with Crippen molar-refractivity contribution in [1.82, 2.24) is 0 Å². The third kappa shape index (κ3) is 3.76. The van der Waals surface area contributed by atoms with Gasteiger partial charge >= 0.3 is 12.1 Å². The molecule has 0 aromatic heterocycles. The van der Waals surface area contributed by atoms with E-state index in [0.717, 1.165) is 5.56 Å². The van der Waals surface area contributed by atoms with Gasteiger partial charge in [-0.25, -0.2) is 4.79 Å². The minimum atomic E-state index is -1.59. The highest BCUT2D eigenvalue weighted by Crippen LogP contribution is 2.28. The molecule has 1 saturated heterocycles. The summed E-state index contributed by atoms with van der Waals surface area (Å²) in [6.07, 6.45) is 0.183. The topological polar surface area (TPSA) is 93.1 Å². The number of carboxylic acid groups (broad SMARTS) is 1. The first-order valence-corrected chi connectivity index (χ1v) is 8.96. The number of cyclic esters (lactones) is 1. The molecule has 1 N–H and O–H groups in total. The van der Waals surface area contributed by atoms with E-state index in [0.29, 0.717) is 12.3 Å². The molecule has 7 nitrogen and oxygen atoms in total. The van der Waals surface area contributed by atoms with Crippen molar-refractivity contribution in [2.24, 2.45) is 0 Å². The molecule has 1 aromatic carbocycles. The normalized spacial score (nSPS) is 21.2. The predicted molar refractivity (Wildman–Crippen MR) is 89.5 cm³/mol. The summed E-state index contributed by atoms with van der Waals surface area (Å²) in [5.74, 6) is -1.17. The van der Waals surface area contributed by atoms with Crippen molar-refractivity contribution in [2.45, 2.75) is 30.8 Å². The zero-order chi connectivity index (χ0) is 17.9. The number of aliphatic carboxylic acids is 1. The lowest BCUT2D eigenvalue weighted by atomic mass is 10.0. The van der Waals surface area contributed by atoms with Gasteiger partial charge in [0.2, 0.25) is 0 Å². The van der Waals surface area contributed by atoms with Gasteiger partial charge in [-0.3, -0.25) is 13.9 Å². The Morgan fingerprint density at radius 2 is 2.08 bits per heavy atom. The van der Waals surface area contributed by atoms with E-state index < -0.39 is 33.7 Å². The lowest BCUT2D eigenvalue weighted by Gasteiger charge is -2.24. The van der Waals surface area contributed by atoms with Crippen molar-refractivity contribution in [2.75, 3.05) is 24.8 Å². The number of rotatable bonds is 7. The second-order valence-corrected chi connectivity index (χ2v) is 7.72. The number of carbonyl (C=O) groups excluding carboxylic acids is 1. The zero-order valence-corrected chi connectivity index (χ0v) is 14.7. The summed E-state index contributed by atoms with van der Waals surface area (Å²) in [5, 5.41) is 9.33. The molecule has 1 heterocycles. The zero-order valence-electron chi connectivity index (χ0n) is 13.9. The average Bonchev–Trinajstić information content (AvgIpc) is 2.88. The van der Waals surface area contributed by atoms with Gasteiger partial charge in [0, 0.05) is 36.3 Å². The Bertz CT molecular complexity index is 630. The van der Waals surface area contributed by atoms with E-state index >= 15 is 0 Å². The number of nitrogens with zero attached hydrogens (tertiary/aromatic N) is 1. The summed E-state index contributed by atoms with van der Waals surface area (Å²) in [6, 6.07) is 7.27. The summed E-state index contributed by atoms with van der Waals surface area (Å²) in [4.78, 5) is 24.9. The molecule has 132 valence electrons. The van der Waals surface area contributed by atoms with Crippen LogP contribution >= 0.6 is 0 Å². The van der Waals surface area contributed by atoms with Crippen molar-refractivity contribution in [1.29, 1.82) is 0 Å². The maximum atomic E-state index is 12.1. The number of benzene rings is 1. The van der Waals surface area contributed by atoms with E-state index in [-0.39, 0.29) is 13.0 Å². The molecule has 1 amide bonds. The van der Waals surface area contributed by atoms with Gasteiger partial charge in [-0.1, -0.05) is 12.1 Å². The number of carboxylic acids is 1. The number of ether oxygens (including phenoxy) is 2. The molecule has 24 heavy (non-hydrogen) atoms. The molecule has 1 aliphatic heterocycles. The molecule has 3 atom stereocenters. The van der Waals surface area contributed by atoms with E-state index in [4.69, 9.17) is 9.47 Å². The van der Waals surface area contributed by atoms with E-state index in [1.807, 2.05) is 12.1 Å². The number of hydrogen-bond donors (Lipinski definition) is 1. The molecule has 0 spiro atoms. The van der Waals surface area contributed by atoms with Crippen LogP contribution in [0.1, 0.15) is 18.9 Å². The second kappa shape index (κ2) is 7.31. The van der Waals surface area contributed by atoms with Crippen molar-refractivity contribution in [3.05, 3.63) is 29.8 Å². The maximum absolute atomic E-state index is 12.1. The van der Waals surface area contributed by atoms with Crippen molar-refractivity contribution in [3.63, 3.8) is 0 Å². The monoisotopic (exact) mass is 355 g/mol. The number of methoxy groups -OCH3 is 1. The summed E-state index contributed by atoms with van der Waals surface area (Å²) >= 11 is 0. The first-order valence-electron chi connectivity index (χ1n) is 7.41. The standard InChI is InChI=1S/C16H21NO6S/c1-16(14(18)19,24(3)21)8-13-9-17(15(20)23-13)12-6-4-11(5-7-12)10-22-2/h4-7,13H,8-10H2,1-3H3,(H,18,19). The Labute approximate surface area is 143 Å². The van der Waals surface area contributed by atoms with Gasteiger partial charge in [0.25, 0.3) is 0 Å². The van der Waals surface area contributed by atoms with E-state index in [2.05, 4.69) is 0 Å². The van der Waals surface area contributed by atoms with Crippen LogP contribution in [0.15, 0.2) is 24.3 Å². The van der Waals surface area contributed by atoms with Crippen LogP contribution in [0.3, 0.4) is 0 Å². The first-order chi connectivity index (χ1) is 11.3. The number of hydrogen-bond acceptors (Lipinski definition) is 5. The molecule has 1 aromatic rings. The van der Waals surface area contributed by atoms with Gasteiger partial charge in [0.05, 0.1) is 13.2 Å². The molecule has 1 fully saturated rings. The smallest absolute Gasteiger partial charge is 0.414 e. The second-order valence-electron chi connectivity index (χ2n) is 5.91. The molecule has 1 aliphatic rings. The van der Waals surface area contributed by atoms with Gasteiger partial charge in [-0.15, -0.1) is 0 Å². The van der Waals surface area contributed by atoms with Gasteiger partial charge in [0.15, 0.2) is 0 Å². The van der Waals surface area contributed by atoms with Gasteiger partial charge in [-0.2, -0.15) is 0 Å². The van der Waals surface area contributed by atoms with Crippen LogP contribution in [0, 0.1) is 0 Å². The lowest BCUT2D eigenvalue weighted by molar-refractivity contribution is -0.140. The fourth-order valence-corrected chi connectivity index (χ4v) is 3.21. The average molecular weight is 355 g/mol. The minimum absolute atomic E-state index is 0.00452. The SMILES string of the molecule is COCc1ccc(N2CC(CC(C)(C(=O)O)S(C)=O)OC2=O)cc1. The Kier molecular flexibility index (Phi) is 5.61. The third-order valence-electron chi connectivity index (χ3n) is 4.14. The molecule has 0 radical (unpaired) electrons. The predicted octanol–water partition coefficient (Wildman–Crippen LogP) is 1.77. The molecule has 2 rings (SSSR count). The van der Waals surface area contributed by atoms with E-state index in [9.17, 15) is 18.9 Å². The van der Waals surface area contributed by atoms with Crippen LogP contribution in [-0.2, 0) is 31.7 Å². The van der Waals surface area contributed by atoms with Gasteiger partial charge < -0.3 is 14.6 Å². The highest BCUT2D eigenvalue weighted by atomic mass is 32.2. The molecule has 0 aliphatic carbocycles. The summed E-state index contributed by atoms with van der Waals surface area (Å²) < 4.78 is 20.6. The summed E-state index contributed by atoms with van der Waals surface area (Å²) in [6.45, 7) is 2.11. The Balaban J connectivity index is 2.10. The molecule has 8 heteroatoms. The van der Waals surface area contributed by atoms with Crippen molar-refractivity contribution < 1.29 is 28.4 Å². The first kappa shape index (κ1) is 18.4.